The van der Waals surface area contributed by atoms with Crippen LogP contribution in [0.25, 0.3) is 0 Å². The van der Waals surface area contributed by atoms with Crippen molar-refractivity contribution in [2.75, 3.05) is 0 Å². The molecule has 0 bridgehead atoms. The van der Waals surface area contributed by atoms with Crippen LogP contribution in [-0.2, 0) is 5.75 Å². The van der Waals surface area contributed by atoms with Crippen LogP contribution in [0, 0.1) is 0 Å². The standard InChI is InChI=1S/C7H5ClN2S3/c8-5-3-10-6(13-5)4-12-7-9-1-2-11-7/h1-3H,4H2. The SMILES string of the molecule is Clc1cnc(CSc2nccs2)s1. The van der Waals surface area contributed by atoms with E-state index in [2.05, 4.69) is 9.97 Å². The van der Waals surface area contributed by atoms with E-state index in [1.54, 1.807) is 29.3 Å². The smallest absolute Gasteiger partial charge is 0.150 e. The highest BCUT2D eigenvalue weighted by atomic mass is 35.5. The van der Waals surface area contributed by atoms with Crippen LogP contribution in [0.2, 0.25) is 4.34 Å². The van der Waals surface area contributed by atoms with Gasteiger partial charge in [-0.3, -0.25) is 0 Å². The largest absolute Gasteiger partial charge is 0.247 e. The van der Waals surface area contributed by atoms with Crippen molar-refractivity contribution in [1.82, 2.24) is 9.97 Å². The van der Waals surface area contributed by atoms with Gasteiger partial charge < -0.3 is 0 Å². The normalized spacial score (nSPS) is 10.5. The van der Waals surface area contributed by atoms with Crippen LogP contribution in [0.15, 0.2) is 22.1 Å². The third kappa shape index (κ3) is 2.67. The minimum Gasteiger partial charge on any atom is -0.247 e. The van der Waals surface area contributed by atoms with Crippen LogP contribution in [-0.4, -0.2) is 9.97 Å². The molecule has 68 valence electrons. The van der Waals surface area contributed by atoms with E-state index in [0.717, 1.165) is 19.4 Å². The minimum atomic E-state index is 0.745. The van der Waals surface area contributed by atoms with Crippen LogP contribution in [0.5, 0.6) is 0 Å². The van der Waals surface area contributed by atoms with Crippen molar-refractivity contribution in [3.8, 4) is 0 Å². The quantitative estimate of drug-likeness (QED) is 0.777. The van der Waals surface area contributed by atoms with E-state index >= 15 is 0 Å². The van der Waals surface area contributed by atoms with E-state index in [-0.39, 0.29) is 0 Å². The van der Waals surface area contributed by atoms with Gasteiger partial charge in [0.2, 0.25) is 0 Å². The molecule has 0 aliphatic carbocycles. The summed E-state index contributed by atoms with van der Waals surface area (Å²) in [6.45, 7) is 0. The molecule has 13 heavy (non-hydrogen) atoms. The predicted molar refractivity (Wildman–Crippen MR) is 58.8 cm³/mol. The number of hydrogen-bond acceptors (Lipinski definition) is 5. The summed E-state index contributed by atoms with van der Waals surface area (Å²) in [5.41, 5.74) is 0. The number of halogens is 1. The van der Waals surface area contributed by atoms with Gasteiger partial charge >= 0.3 is 0 Å². The predicted octanol–water partition coefficient (Wildman–Crippen LogP) is 3.55. The Hall–Kier alpha value is -0.100. The summed E-state index contributed by atoms with van der Waals surface area (Å²) in [5.74, 6) is 0.852. The van der Waals surface area contributed by atoms with Gasteiger partial charge in [0.25, 0.3) is 0 Å². The Morgan fingerprint density at radius 2 is 2.38 bits per heavy atom. The van der Waals surface area contributed by atoms with E-state index in [0.29, 0.717) is 0 Å². The highest BCUT2D eigenvalue weighted by Gasteiger charge is 2.02. The molecule has 0 radical (unpaired) electrons. The molecule has 0 aliphatic rings. The lowest BCUT2D eigenvalue weighted by Gasteiger charge is -1.91. The zero-order chi connectivity index (χ0) is 9.10. The van der Waals surface area contributed by atoms with Crippen LogP contribution in [0.1, 0.15) is 5.01 Å². The average molecular weight is 249 g/mol. The summed E-state index contributed by atoms with van der Waals surface area (Å²) in [7, 11) is 0. The fourth-order valence-electron chi connectivity index (χ4n) is 0.760. The molecule has 0 atom stereocenters. The molecular formula is C7H5ClN2S3. The number of hydrogen-bond donors (Lipinski definition) is 0. The van der Waals surface area contributed by atoms with Crippen LogP contribution in [0.4, 0.5) is 0 Å². The van der Waals surface area contributed by atoms with E-state index in [4.69, 9.17) is 11.6 Å². The molecule has 0 aromatic carbocycles. The third-order valence-corrected chi connectivity index (χ3v) is 4.53. The highest BCUT2D eigenvalue weighted by molar-refractivity contribution is 8.00. The Kier molecular flexibility index (Phi) is 3.21. The molecule has 0 aliphatic heterocycles. The van der Waals surface area contributed by atoms with Crippen molar-refractivity contribution >= 4 is 46.0 Å². The first-order valence-electron chi connectivity index (χ1n) is 3.47. The van der Waals surface area contributed by atoms with Crippen LogP contribution in [0.3, 0.4) is 0 Å². The molecule has 0 unspecified atom stereocenters. The summed E-state index contributed by atoms with van der Waals surface area (Å²) >= 11 is 10.6. The van der Waals surface area contributed by atoms with Gasteiger partial charge in [-0.2, -0.15) is 0 Å². The second kappa shape index (κ2) is 4.41. The lowest BCUT2D eigenvalue weighted by atomic mass is 10.8. The summed E-state index contributed by atoms with van der Waals surface area (Å²) < 4.78 is 1.82. The van der Waals surface area contributed by atoms with Crippen molar-refractivity contribution in [3.05, 3.63) is 27.1 Å². The Morgan fingerprint density at radius 3 is 3.00 bits per heavy atom. The van der Waals surface area contributed by atoms with Crippen molar-refractivity contribution in [1.29, 1.82) is 0 Å². The lowest BCUT2D eigenvalue weighted by molar-refractivity contribution is 1.23. The Labute approximate surface area is 93.0 Å². The maximum absolute atomic E-state index is 5.75. The molecule has 0 N–H and O–H groups in total. The van der Waals surface area contributed by atoms with Gasteiger partial charge in [0, 0.05) is 11.6 Å². The molecule has 0 saturated heterocycles. The maximum atomic E-state index is 5.75. The monoisotopic (exact) mass is 248 g/mol. The van der Waals surface area contributed by atoms with Gasteiger partial charge in [-0.15, -0.1) is 22.7 Å². The molecular weight excluding hydrogens is 244 g/mol. The number of aromatic nitrogens is 2. The van der Waals surface area contributed by atoms with Crippen molar-refractivity contribution in [2.24, 2.45) is 0 Å². The third-order valence-electron chi connectivity index (χ3n) is 1.25. The molecule has 2 rings (SSSR count). The molecule has 2 nitrogen and oxygen atoms in total. The van der Waals surface area contributed by atoms with Crippen LogP contribution >= 0.6 is 46.0 Å². The highest BCUT2D eigenvalue weighted by Crippen LogP contribution is 2.27. The van der Waals surface area contributed by atoms with E-state index in [1.165, 1.54) is 11.3 Å². The average Bonchev–Trinajstić information content (AvgIpc) is 2.71. The Balaban J connectivity index is 1.93. The fourth-order valence-corrected chi connectivity index (χ4v) is 3.36. The Morgan fingerprint density at radius 1 is 1.46 bits per heavy atom. The molecule has 2 aromatic heterocycles. The number of nitrogens with zero attached hydrogens (tertiary/aromatic N) is 2. The van der Waals surface area contributed by atoms with Gasteiger partial charge in [-0.1, -0.05) is 23.4 Å². The molecule has 0 spiro atoms. The Bertz CT molecular complexity index is 371. The van der Waals surface area contributed by atoms with Crippen molar-refractivity contribution in [3.63, 3.8) is 0 Å². The molecule has 2 heterocycles. The lowest BCUT2D eigenvalue weighted by Crippen LogP contribution is -1.75. The van der Waals surface area contributed by atoms with Gasteiger partial charge in [0.15, 0.2) is 0 Å². The first kappa shape index (κ1) is 9.45. The minimum absolute atomic E-state index is 0.745. The molecule has 0 saturated carbocycles. The van der Waals surface area contributed by atoms with Crippen molar-refractivity contribution < 1.29 is 0 Å². The summed E-state index contributed by atoms with van der Waals surface area (Å²) in [5, 5.41) is 3.02. The van der Waals surface area contributed by atoms with Crippen LogP contribution < -0.4 is 0 Å². The maximum Gasteiger partial charge on any atom is 0.150 e. The number of rotatable bonds is 3. The molecule has 0 fully saturated rings. The summed E-state index contributed by atoms with van der Waals surface area (Å²) in [4.78, 5) is 8.32. The number of thiazole rings is 2. The second-order valence-corrected chi connectivity index (χ2v) is 6.01. The van der Waals surface area contributed by atoms with Gasteiger partial charge in [0.1, 0.15) is 13.7 Å². The summed E-state index contributed by atoms with van der Waals surface area (Å²) in [6.07, 6.45) is 3.49. The van der Waals surface area contributed by atoms with E-state index in [9.17, 15) is 0 Å². The zero-order valence-corrected chi connectivity index (χ0v) is 9.64. The van der Waals surface area contributed by atoms with Gasteiger partial charge in [-0.25, -0.2) is 9.97 Å². The zero-order valence-electron chi connectivity index (χ0n) is 6.44. The van der Waals surface area contributed by atoms with Crippen molar-refractivity contribution in [2.45, 2.75) is 10.1 Å². The molecule has 2 aromatic rings. The second-order valence-electron chi connectivity index (χ2n) is 2.14. The first-order valence-corrected chi connectivity index (χ1v) is 6.53. The van der Waals surface area contributed by atoms with Gasteiger partial charge in [-0.05, 0) is 0 Å². The first-order chi connectivity index (χ1) is 6.34. The number of thioether (sulfide) groups is 1. The topological polar surface area (TPSA) is 25.8 Å². The van der Waals surface area contributed by atoms with E-state index < -0.39 is 0 Å². The van der Waals surface area contributed by atoms with Gasteiger partial charge in [0.05, 0.1) is 11.9 Å². The fraction of sp³-hybridized carbons (Fsp3) is 0.143. The molecule has 6 heteroatoms. The van der Waals surface area contributed by atoms with E-state index in [1.807, 2.05) is 11.6 Å². The summed E-state index contributed by atoms with van der Waals surface area (Å²) in [6, 6.07) is 0. The molecule has 0 amide bonds.